The normalized spacial score (nSPS) is 13.1. The number of aromatic nitrogens is 3. The van der Waals surface area contributed by atoms with Crippen molar-refractivity contribution in [2.75, 3.05) is 19.5 Å². The summed E-state index contributed by atoms with van der Waals surface area (Å²) in [6.07, 6.45) is -0.456. The number of hydrogen-bond acceptors (Lipinski definition) is 5. The van der Waals surface area contributed by atoms with Gasteiger partial charge in [-0.15, -0.1) is 10.2 Å². The number of methoxy groups -OCH3 is 1. The smallest absolute Gasteiger partial charge is 0.191 e. The van der Waals surface area contributed by atoms with Crippen LogP contribution in [0.2, 0.25) is 0 Å². The topological polar surface area (TPSA) is 60.2 Å². The summed E-state index contributed by atoms with van der Waals surface area (Å²) >= 11 is 1.48. The zero-order chi connectivity index (χ0) is 10.6. The van der Waals surface area contributed by atoms with E-state index in [0.29, 0.717) is 12.4 Å². The number of ether oxygens (including phenoxy) is 1. The summed E-state index contributed by atoms with van der Waals surface area (Å²) < 4.78 is 6.71. The lowest BCUT2D eigenvalue weighted by Gasteiger charge is -2.07. The fraction of sp³-hybridized carbons (Fsp3) is 0.750. The standard InChI is InChI=1S/C8H15N3O2S/c1-6-9-10-8(11(6)2)14-5-7(12)4-13-3/h7,12H,4-5H2,1-3H3. The molecule has 1 N–H and O–H groups in total. The summed E-state index contributed by atoms with van der Waals surface area (Å²) in [5.74, 6) is 1.44. The molecule has 80 valence electrons. The Bertz CT molecular complexity index is 290. The Kier molecular flexibility index (Phi) is 4.37. The average molecular weight is 217 g/mol. The first-order chi connectivity index (χ1) is 6.65. The number of aryl methyl sites for hydroxylation is 1. The lowest BCUT2D eigenvalue weighted by molar-refractivity contribution is 0.0793. The van der Waals surface area contributed by atoms with Gasteiger partial charge in [0.05, 0.1) is 12.7 Å². The van der Waals surface area contributed by atoms with Crippen molar-refractivity contribution in [1.29, 1.82) is 0 Å². The molecular formula is C8H15N3O2S. The van der Waals surface area contributed by atoms with Gasteiger partial charge in [-0.1, -0.05) is 11.8 Å². The molecule has 0 saturated heterocycles. The van der Waals surface area contributed by atoms with Crippen molar-refractivity contribution >= 4 is 11.8 Å². The van der Waals surface area contributed by atoms with Gasteiger partial charge in [0.1, 0.15) is 5.82 Å². The van der Waals surface area contributed by atoms with Crippen molar-refractivity contribution < 1.29 is 9.84 Å². The maximum absolute atomic E-state index is 9.40. The number of hydrogen-bond donors (Lipinski definition) is 1. The van der Waals surface area contributed by atoms with Crippen LogP contribution in [0.5, 0.6) is 0 Å². The second kappa shape index (κ2) is 5.33. The monoisotopic (exact) mass is 217 g/mol. The minimum absolute atomic E-state index is 0.351. The lowest BCUT2D eigenvalue weighted by Crippen LogP contribution is -2.16. The van der Waals surface area contributed by atoms with Gasteiger partial charge in [0.2, 0.25) is 0 Å². The van der Waals surface area contributed by atoms with Crippen LogP contribution in [0.1, 0.15) is 5.82 Å². The Labute approximate surface area is 87.5 Å². The maximum atomic E-state index is 9.40. The highest BCUT2D eigenvalue weighted by atomic mass is 32.2. The van der Waals surface area contributed by atoms with E-state index >= 15 is 0 Å². The molecule has 0 saturated carbocycles. The van der Waals surface area contributed by atoms with E-state index in [-0.39, 0.29) is 0 Å². The largest absolute Gasteiger partial charge is 0.390 e. The van der Waals surface area contributed by atoms with Gasteiger partial charge in [-0.3, -0.25) is 0 Å². The molecule has 1 unspecified atom stereocenters. The predicted molar refractivity (Wildman–Crippen MR) is 54.3 cm³/mol. The Morgan fingerprint density at radius 2 is 2.29 bits per heavy atom. The van der Waals surface area contributed by atoms with Crippen LogP contribution in [0, 0.1) is 6.92 Å². The Morgan fingerprint density at radius 3 is 2.79 bits per heavy atom. The molecule has 0 bridgehead atoms. The van der Waals surface area contributed by atoms with Gasteiger partial charge in [-0.05, 0) is 6.92 Å². The Morgan fingerprint density at radius 1 is 1.57 bits per heavy atom. The van der Waals surface area contributed by atoms with Gasteiger partial charge in [0.25, 0.3) is 0 Å². The minimum Gasteiger partial charge on any atom is -0.390 e. The van der Waals surface area contributed by atoms with E-state index in [4.69, 9.17) is 4.74 Å². The zero-order valence-corrected chi connectivity index (χ0v) is 9.41. The van der Waals surface area contributed by atoms with Crippen LogP contribution < -0.4 is 0 Å². The Hall–Kier alpha value is -0.590. The van der Waals surface area contributed by atoms with Crippen molar-refractivity contribution in [2.45, 2.75) is 18.2 Å². The SMILES string of the molecule is COCC(O)CSc1nnc(C)n1C. The zero-order valence-electron chi connectivity index (χ0n) is 8.60. The highest BCUT2D eigenvalue weighted by Crippen LogP contribution is 2.16. The lowest BCUT2D eigenvalue weighted by atomic mass is 10.4. The molecule has 0 aliphatic carbocycles. The highest BCUT2D eigenvalue weighted by molar-refractivity contribution is 7.99. The molecule has 0 amide bonds. The molecule has 6 heteroatoms. The highest BCUT2D eigenvalue weighted by Gasteiger charge is 2.09. The number of aliphatic hydroxyl groups is 1. The molecule has 5 nitrogen and oxygen atoms in total. The van der Waals surface area contributed by atoms with E-state index in [0.717, 1.165) is 11.0 Å². The Balaban J connectivity index is 2.41. The van der Waals surface area contributed by atoms with Crippen LogP contribution in [0.15, 0.2) is 5.16 Å². The molecule has 0 spiro atoms. The molecule has 1 aromatic rings. The van der Waals surface area contributed by atoms with Crippen LogP contribution in [0.25, 0.3) is 0 Å². The number of aliphatic hydroxyl groups excluding tert-OH is 1. The molecular weight excluding hydrogens is 202 g/mol. The van der Waals surface area contributed by atoms with E-state index in [1.165, 1.54) is 11.8 Å². The molecule has 1 aromatic heterocycles. The first kappa shape index (κ1) is 11.5. The van der Waals surface area contributed by atoms with Gasteiger partial charge < -0.3 is 14.4 Å². The third kappa shape index (κ3) is 2.97. The first-order valence-corrected chi connectivity index (χ1v) is 5.29. The third-order valence-corrected chi connectivity index (χ3v) is 2.98. The molecule has 0 radical (unpaired) electrons. The van der Waals surface area contributed by atoms with Gasteiger partial charge in [0.15, 0.2) is 5.16 Å². The first-order valence-electron chi connectivity index (χ1n) is 4.31. The molecule has 0 aliphatic rings. The van der Waals surface area contributed by atoms with Crippen molar-refractivity contribution in [3.8, 4) is 0 Å². The van der Waals surface area contributed by atoms with Crippen molar-refractivity contribution in [3.05, 3.63) is 5.82 Å². The van der Waals surface area contributed by atoms with Crippen molar-refractivity contribution in [1.82, 2.24) is 14.8 Å². The fourth-order valence-electron chi connectivity index (χ4n) is 0.925. The predicted octanol–water partition coefficient (Wildman–Crippen LogP) is 0.223. The molecule has 14 heavy (non-hydrogen) atoms. The van der Waals surface area contributed by atoms with E-state index in [2.05, 4.69) is 10.2 Å². The van der Waals surface area contributed by atoms with Gasteiger partial charge in [-0.25, -0.2) is 0 Å². The number of rotatable bonds is 5. The summed E-state index contributed by atoms with van der Waals surface area (Å²) in [6, 6.07) is 0. The van der Waals surface area contributed by atoms with Crippen molar-refractivity contribution in [2.24, 2.45) is 7.05 Å². The number of thioether (sulfide) groups is 1. The van der Waals surface area contributed by atoms with Crippen LogP contribution in [-0.4, -0.2) is 45.4 Å². The van der Waals surface area contributed by atoms with Crippen LogP contribution >= 0.6 is 11.8 Å². The van der Waals surface area contributed by atoms with E-state index < -0.39 is 6.10 Å². The molecule has 1 atom stereocenters. The van der Waals surface area contributed by atoms with Gasteiger partial charge in [0, 0.05) is 19.9 Å². The summed E-state index contributed by atoms with van der Waals surface area (Å²) in [4.78, 5) is 0. The second-order valence-corrected chi connectivity index (χ2v) is 4.00. The summed E-state index contributed by atoms with van der Waals surface area (Å²) in [5, 5.41) is 18.1. The summed E-state index contributed by atoms with van der Waals surface area (Å²) in [7, 11) is 3.47. The molecule has 0 aliphatic heterocycles. The average Bonchev–Trinajstić information content (AvgIpc) is 2.46. The summed E-state index contributed by atoms with van der Waals surface area (Å²) in [5.41, 5.74) is 0. The summed E-state index contributed by atoms with van der Waals surface area (Å²) in [6.45, 7) is 2.24. The third-order valence-electron chi connectivity index (χ3n) is 1.82. The fourth-order valence-corrected chi connectivity index (χ4v) is 1.79. The van der Waals surface area contributed by atoms with Crippen molar-refractivity contribution in [3.63, 3.8) is 0 Å². The quantitative estimate of drug-likeness (QED) is 0.715. The molecule has 0 fully saturated rings. The van der Waals surface area contributed by atoms with Crippen LogP contribution in [-0.2, 0) is 11.8 Å². The van der Waals surface area contributed by atoms with E-state index in [9.17, 15) is 5.11 Å². The number of nitrogens with zero attached hydrogens (tertiary/aromatic N) is 3. The minimum atomic E-state index is -0.456. The van der Waals surface area contributed by atoms with Gasteiger partial charge >= 0.3 is 0 Å². The molecule has 1 rings (SSSR count). The molecule has 0 aromatic carbocycles. The van der Waals surface area contributed by atoms with E-state index in [1.54, 1.807) is 7.11 Å². The maximum Gasteiger partial charge on any atom is 0.191 e. The van der Waals surface area contributed by atoms with Crippen LogP contribution in [0.3, 0.4) is 0 Å². The van der Waals surface area contributed by atoms with Gasteiger partial charge in [-0.2, -0.15) is 0 Å². The van der Waals surface area contributed by atoms with E-state index in [1.807, 2.05) is 18.5 Å². The second-order valence-electron chi connectivity index (χ2n) is 3.01. The van der Waals surface area contributed by atoms with Crippen LogP contribution in [0.4, 0.5) is 0 Å². The molecule has 1 heterocycles.